The number of hydrogen-bond donors (Lipinski definition) is 1. The Labute approximate surface area is 161 Å². The highest BCUT2D eigenvalue weighted by Crippen LogP contribution is 2.26. The number of aryl methyl sites for hydroxylation is 1. The molecule has 2 aliphatic rings. The van der Waals surface area contributed by atoms with Gasteiger partial charge >= 0.3 is 0 Å². The Balaban J connectivity index is 1.81. The van der Waals surface area contributed by atoms with Gasteiger partial charge in [0.2, 0.25) is 5.43 Å². The summed E-state index contributed by atoms with van der Waals surface area (Å²) in [7, 11) is 0. The predicted octanol–water partition coefficient (Wildman–Crippen LogP) is 1.88. The molecule has 1 saturated heterocycles. The number of nitrogens with zero attached hydrogens (tertiary/aromatic N) is 3. The molecular weight excluding hydrogens is 366 g/mol. The fraction of sp³-hybridized carbons (Fsp3) is 0.400. The van der Waals surface area contributed by atoms with E-state index in [-0.39, 0.29) is 24.0 Å². The predicted molar refractivity (Wildman–Crippen MR) is 104 cm³/mol. The first-order chi connectivity index (χ1) is 13.5. The number of rotatable bonds is 3. The van der Waals surface area contributed by atoms with Gasteiger partial charge in [-0.2, -0.15) is 0 Å². The molecule has 1 aromatic heterocycles. The maximum Gasteiger partial charge on any atom is 0.260 e. The molecule has 1 fully saturated rings. The molecule has 8 heteroatoms. The van der Waals surface area contributed by atoms with Crippen LogP contribution in [0.5, 0.6) is 0 Å². The number of amides is 1. The molecule has 1 aromatic carbocycles. The zero-order chi connectivity index (χ0) is 19.8. The van der Waals surface area contributed by atoms with Crippen LogP contribution in [0.2, 0.25) is 0 Å². The molecule has 4 rings (SSSR count). The van der Waals surface area contributed by atoms with Gasteiger partial charge in [0.25, 0.3) is 5.91 Å². The number of carbonyl (C=O) groups is 1. The summed E-state index contributed by atoms with van der Waals surface area (Å²) in [5.74, 6) is -1.41. The number of fused-ring (bicyclic) bond motifs is 1. The molecule has 28 heavy (non-hydrogen) atoms. The molecule has 1 amide bonds. The third kappa shape index (κ3) is 3.17. The molecule has 3 heterocycles. The Hall–Kier alpha value is -2.74. The van der Waals surface area contributed by atoms with E-state index < -0.39 is 23.0 Å². The van der Waals surface area contributed by atoms with Crippen molar-refractivity contribution in [2.45, 2.75) is 13.5 Å². The number of pyridine rings is 1. The minimum Gasteiger partial charge on any atom is -0.367 e. The number of nitrogens with one attached hydrogen (secondary N) is 1. The lowest BCUT2D eigenvalue weighted by atomic mass is 10.1. The summed E-state index contributed by atoms with van der Waals surface area (Å²) in [6.07, 6.45) is 2.82. The third-order valence-corrected chi connectivity index (χ3v) is 5.34. The second-order valence-electron chi connectivity index (χ2n) is 7.05. The van der Waals surface area contributed by atoms with Gasteiger partial charge in [-0.25, -0.2) is 8.78 Å². The first-order valence-corrected chi connectivity index (χ1v) is 9.45. The average molecular weight is 388 g/mol. The molecule has 0 spiro atoms. The smallest absolute Gasteiger partial charge is 0.260 e. The van der Waals surface area contributed by atoms with Gasteiger partial charge in [-0.05, 0) is 25.1 Å². The van der Waals surface area contributed by atoms with Crippen LogP contribution in [0.15, 0.2) is 35.0 Å². The second-order valence-corrected chi connectivity index (χ2v) is 7.05. The molecule has 1 N–H and O–H groups in total. The lowest BCUT2D eigenvalue weighted by molar-refractivity contribution is 0.0791. The van der Waals surface area contributed by atoms with E-state index >= 15 is 0 Å². The molecule has 0 saturated carbocycles. The summed E-state index contributed by atoms with van der Waals surface area (Å²) in [5.41, 5.74) is 0.458. The highest BCUT2D eigenvalue weighted by Gasteiger charge is 2.25. The van der Waals surface area contributed by atoms with Crippen molar-refractivity contribution in [2.24, 2.45) is 0 Å². The van der Waals surface area contributed by atoms with Crippen LogP contribution in [0.4, 0.5) is 14.5 Å². The fourth-order valence-electron chi connectivity index (χ4n) is 3.81. The largest absolute Gasteiger partial charge is 0.367 e. The molecule has 0 atom stereocenters. The van der Waals surface area contributed by atoms with Crippen LogP contribution in [-0.2, 0) is 6.54 Å². The van der Waals surface area contributed by atoms with Crippen molar-refractivity contribution in [1.29, 1.82) is 0 Å². The van der Waals surface area contributed by atoms with E-state index in [9.17, 15) is 18.4 Å². The summed E-state index contributed by atoms with van der Waals surface area (Å²) in [6, 6.07) is 2.91. The van der Waals surface area contributed by atoms with Crippen LogP contribution in [0, 0.1) is 5.82 Å². The molecule has 2 aromatic rings. The van der Waals surface area contributed by atoms with Crippen molar-refractivity contribution in [2.75, 3.05) is 44.2 Å². The van der Waals surface area contributed by atoms with E-state index in [0.717, 1.165) is 13.1 Å². The van der Waals surface area contributed by atoms with Gasteiger partial charge in [0, 0.05) is 50.9 Å². The molecular formula is C20H22F2N4O2. The van der Waals surface area contributed by atoms with Gasteiger partial charge in [0.05, 0.1) is 17.7 Å². The van der Waals surface area contributed by atoms with E-state index in [4.69, 9.17) is 0 Å². The molecule has 0 bridgehead atoms. The van der Waals surface area contributed by atoms with Crippen LogP contribution in [0.1, 0.15) is 17.3 Å². The minimum absolute atomic E-state index is 0.0632. The van der Waals surface area contributed by atoms with Gasteiger partial charge in [-0.3, -0.25) is 9.59 Å². The molecule has 0 unspecified atom stereocenters. The van der Waals surface area contributed by atoms with Crippen LogP contribution < -0.4 is 15.6 Å². The topological polar surface area (TPSA) is 57.6 Å². The Bertz CT molecular complexity index is 1030. The highest BCUT2D eigenvalue weighted by molar-refractivity contribution is 5.98. The molecule has 6 nitrogen and oxygen atoms in total. The summed E-state index contributed by atoms with van der Waals surface area (Å²) in [4.78, 5) is 28.9. The SMILES string of the molecule is CCn1cc(C(=O)N2CC=C(F)C2)c(=O)c2cc(F)c(N3CCNCC3)cc21. The van der Waals surface area contributed by atoms with Gasteiger partial charge in [-0.1, -0.05) is 0 Å². The lowest BCUT2D eigenvalue weighted by Crippen LogP contribution is -2.44. The number of benzene rings is 1. The first-order valence-electron chi connectivity index (χ1n) is 9.45. The van der Waals surface area contributed by atoms with Crippen LogP contribution >= 0.6 is 0 Å². The molecule has 0 aliphatic carbocycles. The van der Waals surface area contributed by atoms with Gasteiger partial charge in [0.15, 0.2) is 0 Å². The van der Waals surface area contributed by atoms with Crippen molar-refractivity contribution >= 4 is 22.5 Å². The Morgan fingerprint density at radius 2 is 1.96 bits per heavy atom. The van der Waals surface area contributed by atoms with E-state index in [1.165, 1.54) is 23.2 Å². The summed E-state index contributed by atoms with van der Waals surface area (Å²) < 4.78 is 30.0. The number of hydrogen-bond acceptors (Lipinski definition) is 4. The number of piperazine rings is 1. The van der Waals surface area contributed by atoms with Gasteiger partial charge in [-0.15, -0.1) is 0 Å². The monoisotopic (exact) mass is 388 g/mol. The van der Waals surface area contributed by atoms with Crippen molar-refractivity contribution in [1.82, 2.24) is 14.8 Å². The number of anilines is 1. The maximum atomic E-state index is 14.8. The third-order valence-electron chi connectivity index (χ3n) is 5.34. The standard InChI is InChI=1S/C20H22F2N4O2/c1-2-24-12-15(20(28)26-6-3-13(21)11-26)19(27)14-9-16(22)18(10-17(14)24)25-7-4-23-5-8-25/h3,9-10,12,23H,2,4-8,11H2,1H3. The van der Waals surface area contributed by atoms with Crippen molar-refractivity contribution in [3.63, 3.8) is 0 Å². The normalized spacial score (nSPS) is 17.3. The van der Waals surface area contributed by atoms with Crippen LogP contribution in [0.3, 0.4) is 0 Å². The van der Waals surface area contributed by atoms with Gasteiger partial charge < -0.3 is 19.7 Å². The van der Waals surface area contributed by atoms with Crippen molar-refractivity contribution < 1.29 is 13.6 Å². The summed E-state index contributed by atoms with van der Waals surface area (Å²) in [6.45, 7) is 5.30. The number of carbonyl (C=O) groups excluding carboxylic acids is 1. The molecule has 2 aliphatic heterocycles. The Morgan fingerprint density at radius 1 is 1.21 bits per heavy atom. The van der Waals surface area contributed by atoms with Crippen molar-refractivity contribution in [3.8, 4) is 0 Å². The summed E-state index contributed by atoms with van der Waals surface area (Å²) >= 11 is 0. The zero-order valence-corrected chi connectivity index (χ0v) is 15.7. The van der Waals surface area contributed by atoms with Crippen molar-refractivity contribution in [3.05, 3.63) is 51.8 Å². The summed E-state index contributed by atoms with van der Waals surface area (Å²) in [5, 5.41) is 3.39. The number of aromatic nitrogens is 1. The quantitative estimate of drug-likeness (QED) is 0.873. The first kappa shape index (κ1) is 18.6. The highest BCUT2D eigenvalue weighted by atomic mass is 19.1. The second kappa shape index (κ2) is 7.35. The lowest BCUT2D eigenvalue weighted by Gasteiger charge is -2.30. The minimum atomic E-state index is -0.537. The molecule has 148 valence electrons. The number of halogens is 2. The Morgan fingerprint density at radius 3 is 2.61 bits per heavy atom. The molecule has 0 radical (unpaired) electrons. The fourth-order valence-corrected chi connectivity index (χ4v) is 3.81. The maximum absolute atomic E-state index is 14.8. The van der Waals surface area contributed by atoms with E-state index in [2.05, 4.69) is 5.32 Å². The van der Waals surface area contributed by atoms with E-state index in [1.807, 2.05) is 11.8 Å². The average Bonchev–Trinajstić information content (AvgIpc) is 3.15. The Kier molecular flexibility index (Phi) is 4.89. The van der Waals surface area contributed by atoms with Gasteiger partial charge in [0.1, 0.15) is 17.2 Å². The van der Waals surface area contributed by atoms with E-state index in [1.54, 1.807) is 10.6 Å². The van der Waals surface area contributed by atoms with Crippen LogP contribution in [0.25, 0.3) is 10.9 Å². The zero-order valence-electron chi connectivity index (χ0n) is 15.7. The van der Waals surface area contributed by atoms with E-state index in [0.29, 0.717) is 30.8 Å². The van der Waals surface area contributed by atoms with Crippen LogP contribution in [-0.4, -0.2) is 54.6 Å².